The molecular weight excluding hydrogens is 276 g/mol. The number of anilines is 1. The summed E-state index contributed by atoms with van der Waals surface area (Å²) in [6.07, 6.45) is 0. The lowest BCUT2D eigenvalue weighted by Gasteiger charge is -2.24. The number of carbonyl (C=O) groups is 1. The molecular formula is C14H14N2O3S. The number of para-hydroxylation sites is 1. The van der Waals surface area contributed by atoms with Crippen LogP contribution in [0.1, 0.15) is 6.92 Å². The fraction of sp³-hybridized carbons (Fsp3) is 0.0714. The van der Waals surface area contributed by atoms with E-state index in [2.05, 4.69) is 5.43 Å². The Bertz CT molecular complexity index is 685. The van der Waals surface area contributed by atoms with E-state index in [9.17, 15) is 13.2 Å². The first-order chi connectivity index (χ1) is 9.51. The number of rotatable bonds is 4. The van der Waals surface area contributed by atoms with E-state index in [4.69, 9.17) is 0 Å². The highest BCUT2D eigenvalue weighted by atomic mass is 32.2. The summed E-state index contributed by atoms with van der Waals surface area (Å²) >= 11 is 0. The van der Waals surface area contributed by atoms with Crippen LogP contribution in [-0.2, 0) is 14.8 Å². The molecule has 0 unspecified atom stereocenters. The molecule has 0 bridgehead atoms. The van der Waals surface area contributed by atoms with Crippen molar-refractivity contribution in [1.29, 1.82) is 0 Å². The summed E-state index contributed by atoms with van der Waals surface area (Å²) < 4.78 is 26.0. The first-order valence-electron chi connectivity index (χ1n) is 5.94. The Morgan fingerprint density at radius 3 is 1.95 bits per heavy atom. The zero-order chi connectivity index (χ0) is 14.6. The third kappa shape index (κ3) is 2.97. The highest BCUT2D eigenvalue weighted by molar-refractivity contribution is 7.92. The molecule has 0 atom stereocenters. The van der Waals surface area contributed by atoms with Crippen molar-refractivity contribution in [3.05, 3.63) is 60.7 Å². The summed E-state index contributed by atoms with van der Waals surface area (Å²) in [6, 6.07) is 16.3. The fourth-order valence-electron chi connectivity index (χ4n) is 1.67. The average molecular weight is 290 g/mol. The number of benzene rings is 2. The van der Waals surface area contributed by atoms with Crippen LogP contribution in [-0.4, -0.2) is 14.3 Å². The van der Waals surface area contributed by atoms with Crippen LogP contribution in [0, 0.1) is 0 Å². The predicted octanol–water partition coefficient (Wildman–Crippen LogP) is 1.93. The molecule has 1 N–H and O–H groups in total. The molecule has 0 heterocycles. The second kappa shape index (κ2) is 5.75. The zero-order valence-corrected chi connectivity index (χ0v) is 11.7. The molecule has 2 aromatic rings. The Labute approximate surface area is 117 Å². The van der Waals surface area contributed by atoms with Crippen LogP contribution in [0.4, 0.5) is 5.69 Å². The summed E-state index contributed by atoms with van der Waals surface area (Å²) in [5, 5.41) is 0. The lowest BCUT2D eigenvalue weighted by Crippen LogP contribution is -2.45. The molecule has 1 amide bonds. The van der Waals surface area contributed by atoms with Gasteiger partial charge in [-0.25, -0.2) is 0 Å². The minimum absolute atomic E-state index is 0.109. The molecule has 0 saturated heterocycles. The van der Waals surface area contributed by atoms with Gasteiger partial charge in [0.25, 0.3) is 10.0 Å². The van der Waals surface area contributed by atoms with Crippen LogP contribution in [0.3, 0.4) is 0 Å². The standard InChI is InChI=1S/C14H14N2O3S/c1-12(17)15-16(13-8-4-2-5-9-13)20(18,19)14-10-6-3-7-11-14/h2-11H,1H3,(H,15,17). The Morgan fingerprint density at radius 2 is 1.45 bits per heavy atom. The molecule has 0 aliphatic rings. The number of sulfonamides is 1. The maximum atomic E-state index is 12.6. The van der Waals surface area contributed by atoms with Gasteiger partial charge >= 0.3 is 0 Å². The van der Waals surface area contributed by atoms with E-state index in [-0.39, 0.29) is 4.90 Å². The van der Waals surface area contributed by atoms with Gasteiger partial charge in [-0.05, 0) is 24.3 Å². The number of amides is 1. The Kier molecular flexibility index (Phi) is 4.05. The molecule has 0 aliphatic heterocycles. The SMILES string of the molecule is CC(=O)NN(c1ccccc1)S(=O)(=O)c1ccccc1. The second-order valence-electron chi connectivity index (χ2n) is 4.09. The molecule has 0 radical (unpaired) electrons. The largest absolute Gasteiger partial charge is 0.281 e. The van der Waals surface area contributed by atoms with Crippen molar-refractivity contribution < 1.29 is 13.2 Å². The van der Waals surface area contributed by atoms with E-state index in [0.29, 0.717) is 5.69 Å². The molecule has 2 aromatic carbocycles. The number of hydrogen-bond donors (Lipinski definition) is 1. The van der Waals surface area contributed by atoms with Crippen molar-refractivity contribution in [3.8, 4) is 0 Å². The smallest absolute Gasteiger partial charge is 0.274 e. The van der Waals surface area contributed by atoms with Crippen LogP contribution < -0.4 is 9.84 Å². The van der Waals surface area contributed by atoms with Crippen LogP contribution in [0.15, 0.2) is 65.6 Å². The molecule has 104 valence electrons. The lowest BCUT2D eigenvalue weighted by atomic mass is 10.3. The third-order valence-corrected chi connectivity index (χ3v) is 4.18. The Morgan fingerprint density at radius 1 is 0.950 bits per heavy atom. The normalized spacial score (nSPS) is 10.8. The summed E-state index contributed by atoms with van der Waals surface area (Å²) in [4.78, 5) is 11.4. The Hall–Kier alpha value is -2.34. The highest BCUT2D eigenvalue weighted by Crippen LogP contribution is 2.21. The Balaban J connectivity index is 2.49. The van der Waals surface area contributed by atoms with Gasteiger partial charge < -0.3 is 0 Å². The second-order valence-corrected chi connectivity index (χ2v) is 5.87. The fourth-order valence-corrected chi connectivity index (χ4v) is 3.03. The average Bonchev–Trinajstić information content (AvgIpc) is 2.46. The third-order valence-electron chi connectivity index (χ3n) is 2.53. The summed E-state index contributed by atoms with van der Waals surface area (Å²) in [5.41, 5.74) is 2.71. The van der Waals surface area contributed by atoms with Crippen LogP contribution >= 0.6 is 0 Å². The number of nitrogens with one attached hydrogen (secondary N) is 1. The molecule has 0 spiro atoms. The number of nitrogens with zero attached hydrogens (tertiary/aromatic N) is 1. The van der Waals surface area contributed by atoms with E-state index in [1.54, 1.807) is 48.5 Å². The monoisotopic (exact) mass is 290 g/mol. The van der Waals surface area contributed by atoms with E-state index >= 15 is 0 Å². The predicted molar refractivity (Wildman–Crippen MR) is 76.4 cm³/mol. The quantitative estimate of drug-likeness (QED) is 0.875. The van der Waals surface area contributed by atoms with E-state index in [0.717, 1.165) is 4.41 Å². The van der Waals surface area contributed by atoms with Crippen molar-refractivity contribution in [3.63, 3.8) is 0 Å². The number of carbonyl (C=O) groups excluding carboxylic acids is 1. The van der Waals surface area contributed by atoms with Gasteiger partial charge in [0.05, 0.1) is 10.6 Å². The van der Waals surface area contributed by atoms with Gasteiger partial charge in [0.2, 0.25) is 5.91 Å². The molecule has 6 heteroatoms. The topological polar surface area (TPSA) is 66.5 Å². The van der Waals surface area contributed by atoms with E-state index < -0.39 is 15.9 Å². The molecule has 0 aliphatic carbocycles. The summed E-state index contributed by atoms with van der Waals surface area (Å²) in [6.45, 7) is 1.26. The maximum absolute atomic E-state index is 12.6. The van der Waals surface area contributed by atoms with Gasteiger partial charge in [0.1, 0.15) is 0 Å². The number of hydrogen-bond acceptors (Lipinski definition) is 3. The van der Waals surface area contributed by atoms with Gasteiger partial charge in [0.15, 0.2) is 0 Å². The first-order valence-corrected chi connectivity index (χ1v) is 7.38. The van der Waals surface area contributed by atoms with Crippen molar-refractivity contribution in [2.24, 2.45) is 0 Å². The van der Waals surface area contributed by atoms with Crippen LogP contribution in [0.2, 0.25) is 0 Å². The molecule has 5 nitrogen and oxygen atoms in total. The van der Waals surface area contributed by atoms with Crippen molar-refractivity contribution >= 4 is 21.6 Å². The maximum Gasteiger partial charge on any atom is 0.281 e. The molecule has 20 heavy (non-hydrogen) atoms. The molecule has 0 fully saturated rings. The van der Waals surface area contributed by atoms with E-state index in [1.165, 1.54) is 19.1 Å². The summed E-state index contributed by atoms with van der Waals surface area (Å²) in [5.74, 6) is -0.464. The summed E-state index contributed by atoms with van der Waals surface area (Å²) in [7, 11) is -3.85. The van der Waals surface area contributed by atoms with Crippen LogP contribution in [0.5, 0.6) is 0 Å². The minimum atomic E-state index is -3.85. The minimum Gasteiger partial charge on any atom is -0.274 e. The number of hydrazine groups is 1. The van der Waals surface area contributed by atoms with Crippen molar-refractivity contribution in [2.45, 2.75) is 11.8 Å². The molecule has 0 saturated carbocycles. The lowest BCUT2D eigenvalue weighted by molar-refractivity contribution is -0.118. The van der Waals surface area contributed by atoms with Crippen LogP contribution in [0.25, 0.3) is 0 Å². The first kappa shape index (κ1) is 14.1. The van der Waals surface area contributed by atoms with Gasteiger partial charge in [-0.2, -0.15) is 12.8 Å². The highest BCUT2D eigenvalue weighted by Gasteiger charge is 2.25. The molecule has 0 aromatic heterocycles. The van der Waals surface area contributed by atoms with E-state index in [1.807, 2.05) is 0 Å². The van der Waals surface area contributed by atoms with Gasteiger partial charge in [-0.3, -0.25) is 10.2 Å². The van der Waals surface area contributed by atoms with Gasteiger partial charge in [0, 0.05) is 6.92 Å². The van der Waals surface area contributed by atoms with Crippen molar-refractivity contribution in [2.75, 3.05) is 4.41 Å². The zero-order valence-electron chi connectivity index (χ0n) is 10.9. The van der Waals surface area contributed by atoms with Crippen molar-refractivity contribution in [1.82, 2.24) is 5.43 Å². The van der Waals surface area contributed by atoms with Gasteiger partial charge in [-0.15, -0.1) is 0 Å². The molecule has 2 rings (SSSR count). The van der Waals surface area contributed by atoms with Gasteiger partial charge in [-0.1, -0.05) is 36.4 Å².